The second-order valence-electron chi connectivity index (χ2n) is 21.3. The van der Waals surface area contributed by atoms with Gasteiger partial charge in [0.15, 0.2) is 0 Å². The van der Waals surface area contributed by atoms with E-state index >= 15 is 0 Å². The maximum absolute atomic E-state index is 14.3. The lowest BCUT2D eigenvalue weighted by Crippen LogP contribution is -2.53. The molecule has 89 heavy (non-hydrogen) atoms. The molecule has 0 bridgehead atoms. The van der Waals surface area contributed by atoms with Gasteiger partial charge in [-0.3, -0.25) is 38.4 Å². The van der Waals surface area contributed by atoms with Gasteiger partial charge in [-0.15, -0.1) is 0 Å². The third-order valence-corrected chi connectivity index (χ3v) is 12.7. The van der Waals surface area contributed by atoms with Gasteiger partial charge in [0.25, 0.3) is 0 Å². The Bertz CT molecular complexity index is 2860. The van der Waals surface area contributed by atoms with Gasteiger partial charge in [-0.05, 0) is 81.5 Å². The minimum Gasteiger partial charge on any atom is -0.481 e. The Morgan fingerprint density at radius 3 is 1.36 bits per heavy atom. The van der Waals surface area contributed by atoms with E-state index in [4.69, 9.17) is 38.3 Å². The monoisotopic (exact) mass is 1240 g/mol. The third kappa shape index (κ3) is 32.9. The van der Waals surface area contributed by atoms with Crippen LogP contribution in [0, 0.1) is 0 Å². The van der Waals surface area contributed by atoms with Gasteiger partial charge in [0.1, 0.15) is 62.8 Å². The normalized spacial score (nSPS) is 12.3. The number of hydrogen-bond donors (Lipinski definition) is 7. The largest absolute Gasteiger partial charge is 0.481 e. The van der Waals surface area contributed by atoms with Crippen molar-refractivity contribution in [2.75, 3.05) is 39.5 Å². The van der Waals surface area contributed by atoms with E-state index in [1.54, 1.807) is 136 Å². The first-order valence-electron chi connectivity index (χ1n) is 29.3. The highest BCUT2D eigenvalue weighted by Crippen LogP contribution is 2.14. The molecule has 4 unspecified atom stereocenters. The Morgan fingerprint density at radius 2 is 0.865 bits per heavy atom. The average molecular weight is 1240 g/mol. The summed E-state index contributed by atoms with van der Waals surface area (Å²) >= 11 is 0. The van der Waals surface area contributed by atoms with Gasteiger partial charge in [-0.1, -0.05) is 121 Å². The van der Waals surface area contributed by atoms with E-state index in [0.717, 1.165) is 11.1 Å². The SMILES string of the molecule is CC(C)(C)OC(=O)NC(CCCCNC(=O)CCC(=O)O)C(=O)NCCOCCOCC(=O)NC(CCC(=O)NC(CCC(=O)OCc1ccccc1)C(=O)OCc1ccccc1)C(=O)NC(CCC(=O)OCc1ccccc1)C(=O)OCc1ccccc1. The number of hydrogen-bond acceptors (Lipinski definition) is 18. The van der Waals surface area contributed by atoms with Crippen molar-refractivity contribution in [2.45, 2.75) is 148 Å². The zero-order valence-corrected chi connectivity index (χ0v) is 50.5. The number of carbonyl (C=O) groups is 11. The first-order valence-corrected chi connectivity index (χ1v) is 29.3. The van der Waals surface area contributed by atoms with Gasteiger partial charge in [0.2, 0.25) is 29.5 Å². The highest BCUT2D eigenvalue weighted by molar-refractivity contribution is 5.92. The molecule has 0 aliphatic carbocycles. The number of carboxylic acid groups (broad SMARTS) is 1. The van der Waals surface area contributed by atoms with Crippen molar-refractivity contribution in [1.82, 2.24) is 31.9 Å². The summed E-state index contributed by atoms with van der Waals surface area (Å²) in [5, 5.41) is 24.4. The number of amides is 6. The summed E-state index contributed by atoms with van der Waals surface area (Å²) in [5.41, 5.74) is 1.90. The Labute approximate surface area is 517 Å². The highest BCUT2D eigenvalue weighted by atomic mass is 16.6. The van der Waals surface area contributed by atoms with Crippen LogP contribution in [0.4, 0.5) is 4.79 Å². The average Bonchev–Trinajstić information content (AvgIpc) is 3.61. The molecule has 0 radical (unpaired) electrons. The number of nitrogens with one attached hydrogen (secondary N) is 6. The van der Waals surface area contributed by atoms with Gasteiger partial charge in [0, 0.05) is 38.8 Å². The van der Waals surface area contributed by atoms with E-state index in [0.29, 0.717) is 24.0 Å². The lowest BCUT2D eigenvalue weighted by molar-refractivity contribution is -0.151. The Morgan fingerprint density at radius 1 is 0.416 bits per heavy atom. The third-order valence-electron chi connectivity index (χ3n) is 12.7. The molecule has 0 heterocycles. The summed E-state index contributed by atoms with van der Waals surface area (Å²) in [6, 6.07) is 29.9. The zero-order valence-electron chi connectivity index (χ0n) is 50.5. The first-order chi connectivity index (χ1) is 42.7. The lowest BCUT2D eigenvalue weighted by atomic mass is 10.1. The Kier molecular flexibility index (Phi) is 33.3. The van der Waals surface area contributed by atoms with Crippen molar-refractivity contribution in [1.29, 1.82) is 0 Å². The van der Waals surface area contributed by atoms with Crippen LogP contribution in [0.5, 0.6) is 0 Å². The van der Waals surface area contributed by atoms with E-state index in [2.05, 4.69) is 31.9 Å². The number of carboxylic acids is 1. The maximum Gasteiger partial charge on any atom is 0.408 e. The number of esters is 4. The number of carbonyl (C=O) groups excluding carboxylic acids is 10. The predicted molar refractivity (Wildman–Crippen MR) is 320 cm³/mol. The molecule has 0 saturated heterocycles. The fourth-order valence-corrected chi connectivity index (χ4v) is 8.10. The van der Waals surface area contributed by atoms with Crippen LogP contribution in [0.2, 0.25) is 0 Å². The topological polar surface area (TPSA) is 345 Å². The van der Waals surface area contributed by atoms with Crippen molar-refractivity contribution in [3.63, 3.8) is 0 Å². The highest BCUT2D eigenvalue weighted by Gasteiger charge is 2.31. The zero-order chi connectivity index (χ0) is 64.7. The number of rotatable bonds is 41. The van der Waals surface area contributed by atoms with Crippen LogP contribution in [0.25, 0.3) is 0 Å². The van der Waals surface area contributed by atoms with Crippen molar-refractivity contribution in [2.24, 2.45) is 0 Å². The standard InChI is InChI=1S/C64H82N6O19/c1-64(2,3)89-63(82)70-49(26-16-17-35-65-53(71)31-32-56(74)75)59(78)66-36-37-83-38-39-84-44-55(73)67-50(60(79)69-52(62(81)88-43-48-24-14-7-15-25-48)29-34-58(77)86-41-46-20-10-5-11-21-46)27-30-54(72)68-51(61(80)87-42-47-22-12-6-13-23-47)28-33-57(76)85-40-45-18-8-4-9-19-45/h4-15,18-25,49-52H,16-17,26-44H2,1-3H3,(H,65,71)(H,66,78)(H,67,73)(H,68,72)(H,69,79)(H,70,82)(H,74,75). The Balaban J connectivity index is 1.40. The summed E-state index contributed by atoms with van der Waals surface area (Å²) in [6.07, 6.45) is -2.31. The second kappa shape index (κ2) is 41.0. The van der Waals surface area contributed by atoms with Crippen molar-refractivity contribution in [3.8, 4) is 0 Å². The van der Waals surface area contributed by atoms with Crippen LogP contribution in [-0.2, 0) is 108 Å². The number of aliphatic carboxylic acids is 1. The van der Waals surface area contributed by atoms with Gasteiger partial charge in [-0.25, -0.2) is 14.4 Å². The summed E-state index contributed by atoms with van der Waals surface area (Å²) in [4.78, 5) is 143. The molecule has 0 fully saturated rings. The summed E-state index contributed by atoms with van der Waals surface area (Å²) in [5.74, 6) is -7.70. The molecular weight excluding hydrogens is 1160 g/mol. The van der Waals surface area contributed by atoms with Crippen LogP contribution >= 0.6 is 0 Å². The molecule has 7 N–H and O–H groups in total. The van der Waals surface area contributed by atoms with Gasteiger partial charge in [0.05, 0.1) is 26.2 Å². The van der Waals surface area contributed by atoms with Gasteiger partial charge in [-0.2, -0.15) is 0 Å². The van der Waals surface area contributed by atoms with Crippen LogP contribution in [0.3, 0.4) is 0 Å². The van der Waals surface area contributed by atoms with Crippen molar-refractivity contribution in [3.05, 3.63) is 144 Å². The summed E-state index contributed by atoms with van der Waals surface area (Å²) in [6.45, 7) is 3.99. The number of benzene rings is 4. The molecule has 25 heteroatoms. The lowest BCUT2D eigenvalue weighted by Gasteiger charge is -2.23. The molecule has 4 aromatic rings. The quantitative estimate of drug-likeness (QED) is 0.0176. The molecule has 0 aromatic heterocycles. The molecule has 0 spiro atoms. The molecule has 482 valence electrons. The van der Waals surface area contributed by atoms with Gasteiger partial charge < -0.3 is 70.2 Å². The van der Waals surface area contributed by atoms with Crippen molar-refractivity contribution < 1.29 is 91.0 Å². The number of unbranched alkanes of at least 4 members (excludes halogenated alkanes) is 1. The number of ether oxygens (including phenoxy) is 7. The summed E-state index contributed by atoms with van der Waals surface area (Å²) < 4.78 is 38.3. The molecule has 0 saturated carbocycles. The first kappa shape index (κ1) is 72.2. The maximum atomic E-state index is 14.3. The molecule has 0 aliphatic heterocycles. The van der Waals surface area contributed by atoms with E-state index < -0.39 is 115 Å². The molecule has 4 rings (SSSR count). The van der Waals surface area contributed by atoms with Crippen LogP contribution < -0.4 is 31.9 Å². The molecular formula is C64H82N6O19. The predicted octanol–water partition coefficient (Wildman–Crippen LogP) is 4.95. The molecule has 0 aliphatic rings. The fraction of sp³-hybridized carbons (Fsp3) is 0.453. The van der Waals surface area contributed by atoms with Crippen LogP contribution in [0.1, 0.15) is 114 Å². The molecule has 4 atom stereocenters. The number of alkyl carbamates (subject to hydrolysis) is 1. The molecule has 6 amide bonds. The van der Waals surface area contributed by atoms with Crippen molar-refractivity contribution >= 4 is 65.5 Å². The van der Waals surface area contributed by atoms with Crippen LogP contribution in [0.15, 0.2) is 121 Å². The summed E-state index contributed by atoms with van der Waals surface area (Å²) in [7, 11) is 0. The van der Waals surface area contributed by atoms with Gasteiger partial charge >= 0.3 is 35.9 Å². The van der Waals surface area contributed by atoms with Crippen LogP contribution in [-0.4, -0.2) is 140 Å². The van der Waals surface area contributed by atoms with E-state index in [9.17, 15) is 52.7 Å². The molecule has 4 aromatic carbocycles. The fourth-order valence-electron chi connectivity index (χ4n) is 8.10. The Hall–Kier alpha value is -9.23. The van der Waals surface area contributed by atoms with E-state index in [1.807, 2.05) is 6.07 Å². The van der Waals surface area contributed by atoms with E-state index in [1.165, 1.54) is 0 Å². The minimum atomic E-state index is -1.53. The van der Waals surface area contributed by atoms with E-state index in [-0.39, 0.29) is 104 Å². The molecule has 25 nitrogen and oxygen atoms in total. The minimum absolute atomic E-state index is 0.00238. The smallest absolute Gasteiger partial charge is 0.408 e. The second-order valence-corrected chi connectivity index (χ2v) is 21.3.